The molecule has 0 amide bonds. The Hall–Kier alpha value is -2.60. The number of aliphatic imine (C=N–C) groups is 1. The van der Waals surface area contributed by atoms with Crippen LogP contribution in [-0.4, -0.2) is 53.9 Å². The predicted molar refractivity (Wildman–Crippen MR) is 113 cm³/mol. The number of carboxylic acids is 1. The second-order valence-corrected chi connectivity index (χ2v) is 8.28. The first-order chi connectivity index (χ1) is 14.2. The molecule has 0 saturated carbocycles. The summed E-state index contributed by atoms with van der Waals surface area (Å²) in [6.07, 6.45) is 9.91. The molecule has 0 aromatic heterocycles. The first kappa shape index (κ1) is 18.4. The number of allylic oxidation sites excluding steroid dienone is 1. The van der Waals surface area contributed by atoms with Gasteiger partial charge in [0.25, 0.3) is 0 Å². The van der Waals surface area contributed by atoms with Crippen molar-refractivity contribution in [3.8, 4) is 5.75 Å². The van der Waals surface area contributed by atoms with E-state index in [9.17, 15) is 4.79 Å². The molecule has 1 aromatic carbocycles. The van der Waals surface area contributed by atoms with Gasteiger partial charge in [-0.05, 0) is 75.1 Å². The van der Waals surface area contributed by atoms with Crippen molar-refractivity contribution in [1.29, 1.82) is 0 Å². The Bertz CT molecular complexity index is 912. The summed E-state index contributed by atoms with van der Waals surface area (Å²) in [7, 11) is 0. The van der Waals surface area contributed by atoms with Crippen molar-refractivity contribution in [3.63, 3.8) is 0 Å². The third-order valence-electron chi connectivity index (χ3n) is 6.28. The molecule has 4 aliphatic rings. The molecule has 3 heterocycles. The summed E-state index contributed by atoms with van der Waals surface area (Å²) in [6.45, 7) is 4.00. The van der Waals surface area contributed by atoms with Gasteiger partial charge in [-0.15, -0.1) is 0 Å². The Balaban J connectivity index is 1.39. The molecule has 1 N–H and O–H groups in total. The van der Waals surface area contributed by atoms with E-state index in [-0.39, 0.29) is 12.5 Å². The van der Waals surface area contributed by atoms with E-state index >= 15 is 0 Å². The van der Waals surface area contributed by atoms with Gasteiger partial charge >= 0.3 is 5.97 Å². The molecule has 6 heteroatoms. The number of anilines is 1. The zero-order chi connectivity index (χ0) is 19.8. The van der Waals surface area contributed by atoms with Crippen molar-refractivity contribution in [1.82, 2.24) is 4.90 Å². The van der Waals surface area contributed by atoms with Crippen LogP contribution in [-0.2, 0) is 4.79 Å². The van der Waals surface area contributed by atoms with Crippen LogP contribution in [0.5, 0.6) is 5.75 Å². The van der Waals surface area contributed by atoms with E-state index in [1.54, 1.807) is 0 Å². The van der Waals surface area contributed by atoms with Crippen LogP contribution in [0.3, 0.4) is 0 Å². The lowest BCUT2D eigenvalue weighted by molar-refractivity contribution is -0.137. The molecule has 2 saturated heterocycles. The number of ether oxygens (including phenoxy) is 1. The number of piperidine rings is 1. The fourth-order valence-corrected chi connectivity index (χ4v) is 4.81. The molecule has 1 atom stereocenters. The summed E-state index contributed by atoms with van der Waals surface area (Å²) in [6, 6.07) is 6.52. The largest absolute Gasteiger partial charge is 0.481 e. The highest BCUT2D eigenvalue weighted by molar-refractivity contribution is 6.11. The smallest absolute Gasteiger partial charge is 0.303 e. The highest BCUT2D eigenvalue weighted by atomic mass is 16.5. The molecule has 0 bridgehead atoms. The van der Waals surface area contributed by atoms with E-state index in [2.05, 4.69) is 40.2 Å². The quantitative estimate of drug-likeness (QED) is 0.822. The van der Waals surface area contributed by atoms with Crippen LogP contribution in [0.25, 0.3) is 0 Å². The second kappa shape index (κ2) is 7.67. The molecule has 6 nitrogen and oxygen atoms in total. The number of carbonyl (C=O) groups is 1. The Morgan fingerprint density at radius 2 is 2.07 bits per heavy atom. The Morgan fingerprint density at radius 3 is 2.90 bits per heavy atom. The molecular formula is C23H27N3O3. The minimum atomic E-state index is -0.727. The number of likely N-dealkylation sites (tertiary alicyclic amines) is 1. The topological polar surface area (TPSA) is 65.4 Å². The van der Waals surface area contributed by atoms with Gasteiger partial charge in [-0.1, -0.05) is 0 Å². The van der Waals surface area contributed by atoms with E-state index in [0.29, 0.717) is 6.42 Å². The number of aliphatic carboxylic acids is 1. The zero-order valence-corrected chi connectivity index (χ0v) is 16.6. The van der Waals surface area contributed by atoms with E-state index in [0.717, 1.165) is 61.9 Å². The summed E-state index contributed by atoms with van der Waals surface area (Å²) in [5, 5.41) is 8.94. The highest BCUT2D eigenvalue weighted by Gasteiger charge is 2.32. The monoisotopic (exact) mass is 393 g/mol. The van der Waals surface area contributed by atoms with Gasteiger partial charge in [0.2, 0.25) is 0 Å². The minimum absolute atomic E-state index is 0.190. The standard InChI is InChI=1S/C23H27N3O3/c27-23(28)6-4-12-26-11-3-5-16-13-19-22(15-20(16)26)29-21-14-17(7-8-18(21)24-19)25-9-1-2-10-25/h7-8,13-15,20H,1-6,9-12H2,(H,27,28). The van der Waals surface area contributed by atoms with E-state index in [1.807, 2.05) is 0 Å². The lowest BCUT2D eigenvalue weighted by atomic mass is 9.89. The van der Waals surface area contributed by atoms with Crippen molar-refractivity contribution in [2.75, 3.05) is 31.1 Å². The predicted octanol–water partition coefficient (Wildman–Crippen LogP) is 3.90. The van der Waals surface area contributed by atoms with Crippen molar-refractivity contribution in [3.05, 3.63) is 41.7 Å². The Labute approximate surface area is 171 Å². The number of fused-ring (bicyclic) bond motifs is 3. The molecule has 2 fully saturated rings. The number of benzene rings is 1. The summed E-state index contributed by atoms with van der Waals surface area (Å²) in [5.74, 6) is 0.930. The lowest BCUT2D eigenvalue weighted by Gasteiger charge is -2.38. The zero-order valence-electron chi connectivity index (χ0n) is 16.6. The van der Waals surface area contributed by atoms with E-state index in [1.165, 1.54) is 24.1 Å². The fraction of sp³-hybridized carbons (Fsp3) is 0.478. The van der Waals surface area contributed by atoms with Crippen LogP contribution >= 0.6 is 0 Å². The van der Waals surface area contributed by atoms with Crippen molar-refractivity contribution in [2.45, 2.75) is 44.6 Å². The number of hydrogen-bond donors (Lipinski definition) is 1. The first-order valence-corrected chi connectivity index (χ1v) is 10.7. The molecule has 152 valence electrons. The Kier molecular flexibility index (Phi) is 4.87. The minimum Gasteiger partial charge on any atom is -0.481 e. The molecule has 1 aromatic rings. The summed E-state index contributed by atoms with van der Waals surface area (Å²) in [4.78, 5) is 20.5. The third kappa shape index (κ3) is 3.69. The van der Waals surface area contributed by atoms with E-state index in [4.69, 9.17) is 14.8 Å². The van der Waals surface area contributed by atoms with Gasteiger partial charge in [-0.2, -0.15) is 0 Å². The first-order valence-electron chi connectivity index (χ1n) is 10.7. The third-order valence-corrected chi connectivity index (χ3v) is 6.28. The molecule has 1 unspecified atom stereocenters. The van der Waals surface area contributed by atoms with Crippen LogP contribution < -0.4 is 9.64 Å². The lowest BCUT2D eigenvalue weighted by Crippen LogP contribution is -2.43. The van der Waals surface area contributed by atoms with Gasteiger partial charge in [-0.25, -0.2) is 4.99 Å². The van der Waals surface area contributed by atoms with Crippen molar-refractivity contribution < 1.29 is 14.6 Å². The number of nitrogens with zero attached hydrogens (tertiary/aromatic N) is 3. The van der Waals surface area contributed by atoms with Gasteiger partial charge < -0.3 is 14.7 Å². The van der Waals surface area contributed by atoms with Crippen molar-refractivity contribution in [2.24, 2.45) is 4.99 Å². The summed E-state index contributed by atoms with van der Waals surface area (Å²) < 4.78 is 6.31. The van der Waals surface area contributed by atoms with Crippen LogP contribution in [0.1, 0.15) is 38.5 Å². The molecule has 0 spiro atoms. The second-order valence-electron chi connectivity index (χ2n) is 8.28. The van der Waals surface area contributed by atoms with Crippen LogP contribution in [0.15, 0.2) is 46.7 Å². The number of hydrogen-bond acceptors (Lipinski definition) is 5. The van der Waals surface area contributed by atoms with Gasteiger partial charge in [0.05, 0.1) is 6.04 Å². The maximum Gasteiger partial charge on any atom is 0.303 e. The fourth-order valence-electron chi connectivity index (χ4n) is 4.81. The summed E-state index contributed by atoms with van der Waals surface area (Å²) >= 11 is 0. The van der Waals surface area contributed by atoms with Crippen LogP contribution in [0, 0.1) is 0 Å². The van der Waals surface area contributed by atoms with Crippen molar-refractivity contribution >= 4 is 23.1 Å². The normalized spacial score (nSPS) is 23.2. The molecule has 5 rings (SSSR count). The SMILES string of the molecule is O=C(O)CCCN1CCCC2=CC3=Nc4ccc(N5CCCC5)cc4OC3=CC21. The summed E-state index contributed by atoms with van der Waals surface area (Å²) in [5.41, 5.74) is 4.37. The van der Waals surface area contributed by atoms with Gasteiger partial charge in [-0.3, -0.25) is 9.69 Å². The maximum atomic E-state index is 10.9. The number of carboxylic acid groups (broad SMARTS) is 1. The van der Waals surface area contributed by atoms with Crippen LogP contribution in [0.4, 0.5) is 11.4 Å². The van der Waals surface area contributed by atoms with E-state index < -0.39 is 5.97 Å². The molecular weight excluding hydrogens is 366 g/mol. The number of rotatable bonds is 5. The molecule has 1 aliphatic carbocycles. The average molecular weight is 393 g/mol. The maximum absolute atomic E-state index is 10.9. The highest BCUT2D eigenvalue weighted by Crippen LogP contribution is 2.40. The van der Waals surface area contributed by atoms with Crippen LogP contribution in [0.2, 0.25) is 0 Å². The molecule has 29 heavy (non-hydrogen) atoms. The molecule has 3 aliphatic heterocycles. The average Bonchev–Trinajstić information content (AvgIpc) is 3.25. The molecule has 0 radical (unpaired) electrons. The van der Waals surface area contributed by atoms with Gasteiger partial charge in [0, 0.05) is 31.3 Å². The Morgan fingerprint density at radius 1 is 1.21 bits per heavy atom. The van der Waals surface area contributed by atoms with Gasteiger partial charge in [0.1, 0.15) is 11.4 Å². The van der Waals surface area contributed by atoms with Gasteiger partial charge in [0.15, 0.2) is 11.5 Å².